The van der Waals surface area contributed by atoms with Gasteiger partial charge in [0.2, 0.25) is 0 Å². The molecule has 2 aromatic carbocycles. The lowest BCUT2D eigenvalue weighted by Crippen LogP contribution is -2.25. The number of benzene rings is 2. The molecule has 3 nitrogen and oxygen atoms in total. The van der Waals surface area contributed by atoms with Crippen molar-refractivity contribution in [3.63, 3.8) is 0 Å². The van der Waals surface area contributed by atoms with Crippen LogP contribution in [0.15, 0.2) is 54.6 Å². The molecule has 0 aliphatic carbocycles. The van der Waals surface area contributed by atoms with E-state index in [-0.39, 0.29) is 5.91 Å². The van der Waals surface area contributed by atoms with Crippen LogP contribution in [0.4, 0.5) is 11.4 Å². The molecule has 0 unspecified atom stereocenters. The number of rotatable bonds is 2. The van der Waals surface area contributed by atoms with Gasteiger partial charge in [-0.2, -0.15) is 0 Å². The second-order valence-electron chi connectivity index (χ2n) is 4.60. The fraction of sp³-hybridized carbons (Fsp3) is 0.0625. The Labute approximate surface area is 121 Å². The van der Waals surface area contributed by atoms with Gasteiger partial charge in [0.05, 0.1) is 4.88 Å². The molecule has 1 aromatic heterocycles. The third-order valence-corrected chi connectivity index (χ3v) is 4.33. The van der Waals surface area contributed by atoms with Crippen molar-refractivity contribution in [2.24, 2.45) is 0 Å². The molecular formula is C16H14N2OS. The van der Waals surface area contributed by atoms with Crippen molar-refractivity contribution in [2.45, 2.75) is 0 Å². The van der Waals surface area contributed by atoms with E-state index in [1.165, 1.54) is 11.3 Å². The van der Waals surface area contributed by atoms with Crippen LogP contribution < -0.4 is 10.6 Å². The summed E-state index contributed by atoms with van der Waals surface area (Å²) in [5.41, 5.74) is 7.19. The lowest BCUT2D eigenvalue weighted by atomic mass is 10.2. The van der Waals surface area contributed by atoms with Gasteiger partial charge < -0.3 is 10.6 Å². The van der Waals surface area contributed by atoms with E-state index in [0.29, 0.717) is 5.69 Å². The molecule has 0 aliphatic rings. The van der Waals surface area contributed by atoms with Crippen LogP contribution >= 0.6 is 11.3 Å². The summed E-state index contributed by atoms with van der Waals surface area (Å²) in [6.07, 6.45) is 0. The highest BCUT2D eigenvalue weighted by Crippen LogP contribution is 2.27. The number of anilines is 2. The van der Waals surface area contributed by atoms with Gasteiger partial charge in [-0.3, -0.25) is 4.79 Å². The van der Waals surface area contributed by atoms with E-state index in [1.807, 2.05) is 42.5 Å². The maximum atomic E-state index is 12.5. The van der Waals surface area contributed by atoms with Crippen molar-refractivity contribution in [2.75, 3.05) is 17.7 Å². The van der Waals surface area contributed by atoms with E-state index in [1.54, 1.807) is 24.1 Å². The van der Waals surface area contributed by atoms with Crippen LogP contribution in [0.5, 0.6) is 0 Å². The molecule has 2 N–H and O–H groups in total. The predicted octanol–water partition coefficient (Wildman–Crippen LogP) is 3.76. The zero-order valence-electron chi connectivity index (χ0n) is 11.0. The SMILES string of the molecule is CN(C(=O)c1cc2ccccc2s1)c1ccc(N)cc1. The molecular weight excluding hydrogens is 268 g/mol. The molecule has 100 valence electrons. The zero-order valence-corrected chi connectivity index (χ0v) is 11.9. The highest BCUT2D eigenvalue weighted by Gasteiger charge is 2.16. The number of carbonyl (C=O) groups is 1. The van der Waals surface area contributed by atoms with Gasteiger partial charge in [0.1, 0.15) is 0 Å². The van der Waals surface area contributed by atoms with Crippen molar-refractivity contribution >= 4 is 38.7 Å². The van der Waals surface area contributed by atoms with Crippen LogP contribution in [0.3, 0.4) is 0 Å². The first-order valence-corrected chi connectivity index (χ1v) is 7.09. The number of nitrogen functional groups attached to an aromatic ring is 1. The normalized spacial score (nSPS) is 10.7. The first-order valence-electron chi connectivity index (χ1n) is 6.27. The van der Waals surface area contributed by atoms with E-state index >= 15 is 0 Å². The smallest absolute Gasteiger partial charge is 0.268 e. The largest absolute Gasteiger partial charge is 0.399 e. The van der Waals surface area contributed by atoms with Gasteiger partial charge in [-0.05, 0) is 41.8 Å². The predicted molar refractivity (Wildman–Crippen MR) is 85.4 cm³/mol. The molecule has 0 saturated carbocycles. The number of nitrogens with zero attached hydrogens (tertiary/aromatic N) is 1. The Bertz CT molecular complexity index is 729. The van der Waals surface area contributed by atoms with Crippen molar-refractivity contribution < 1.29 is 4.79 Å². The van der Waals surface area contributed by atoms with E-state index < -0.39 is 0 Å². The highest BCUT2D eigenvalue weighted by molar-refractivity contribution is 7.20. The lowest BCUT2D eigenvalue weighted by Gasteiger charge is -2.16. The van der Waals surface area contributed by atoms with Gasteiger partial charge in [0.25, 0.3) is 5.91 Å². The minimum atomic E-state index is -0.00373. The Balaban J connectivity index is 1.93. The van der Waals surface area contributed by atoms with Gasteiger partial charge in [-0.25, -0.2) is 0 Å². The Morgan fingerprint density at radius 3 is 2.50 bits per heavy atom. The minimum absolute atomic E-state index is 0.00373. The van der Waals surface area contributed by atoms with Crippen molar-refractivity contribution in [1.82, 2.24) is 0 Å². The standard InChI is InChI=1S/C16H14N2OS/c1-18(13-8-6-12(17)7-9-13)16(19)15-10-11-4-2-3-5-14(11)20-15/h2-10H,17H2,1H3. The summed E-state index contributed by atoms with van der Waals surface area (Å²) in [5.74, 6) is -0.00373. The first-order chi connectivity index (χ1) is 9.65. The van der Waals surface area contributed by atoms with E-state index in [9.17, 15) is 4.79 Å². The van der Waals surface area contributed by atoms with Crippen LogP contribution in [0.2, 0.25) is 0 Å². The summed E-state index contributed by atoms with van der Waals surface area (Å²) >= 11 is 1.52. The molecule has 3 aromatic rings. The maximum Gasteiger partial charge on any atom is 0.268 e. The molecule has 1 amide bonds. The maximum absolute atomic E-state index is 12.5. The van der Waals surface area contributed by atoms with Gasteiger partial charge in [-0.1, -0.05) is 18.2 Å². The lowest BCUT2D eigenvalue weighted by molar-refractivity contribution is 0.0997. The highest BCUT2D eigenvalue weighted by atomic mass is 32.1. The van der Waals surface area contributed by atoms with E-state index in [0.717, 1.165) is 20.7 Å². The van der Waals surface area contributed by atoms with Crippen LogP contribution in [-0.2, 0) is 0 Å². The van der Waals surface area contributed by atoms with Crippen molar-refractivity contribution in [1.29, 1.82) is 0 Å². The quantitative estimate of drug-likeness (QED) is 0.727. The fourth-order valence-corrected chi connectivity index (χ4v) is 3.11. The van der Waals surface area contributed by atoms with Gasteiger partial charge >= 0.3 is 0 Å². The average molecular weight is 282 g/mol. The van der Waals surface area contributed by atoms with Crippen molar-refractivity contribution in [3.05, 3.63) is 59.5 Å². The number of thiophene rings is 1. The molecule has 20 heavy (non-hydrogen) atoms. The molecule has 3 rings (SSSR count). The topological polar surface area (TPSA) is 46.3 Å². The fourth-order valence-electron chi connectivity index (χ4n) is 2.07. The van der Waals surface area contributed by atoms with Gasteiger partial charge in [-0.15, -0.1) is 11.3 Å². The van der Waals surface area contributed by atoms with Crippen molar-refractivity contribution in [3.8, 4) is 0 Å². The molecule has 1 heterocycles. The molecule has 0 aliphatic heterocycles. The Hall–Kier alpha value is -2.33. The third kappa shape index (κ3) is 2.26. The molecule has 0 saturated heterocycles. The zero-order chi connectivity index (χ0) is 14.1. The Morgan fingerprint density at radius 1 is 1.10 bits per heavy atom. The Morgan fingerprint density at radius 2 is 1.80 bits per heavy atom. The molecule has 0 bridgehead atoms. The molecule has 0 radical (unpaired) electrons. The third-order valence-electron chi connectivity index (χ3n) is 3.22. The number of nitrogens with two attached hydrogens (primary N) is 1. The second-order valence-corrected chi connectivity index (χ2v) is 5.69. The van der Waals surface area contributed by atoms with Crippen LogP contribution in [0.1, 0.15) is 9.67 Å². The first kappa shape index (κ1) is 12.7. The Kier molecular flexibility index (Phi) is 3.16. The summed E-state index contributed by atoms with van der Waals surface area (Å²) in [6, 6.07) is 17.2. The molecule has 0 fully saturated rings. The summed E-state index contributed by atoms with van der Waals surface area (Å²) in [6.45, 7) is 0. The second kappa shape index (κ2) is 4.98. The van der Waals surface area contributed by atoms with Gasteiger partial charge in [0.15, 0.2) is 0 Å². The number of fused-ring (bicyclic) bond motifs is 1. The summed E-state index contributed by atoms with van der Waals surface area (Å²) in [5, 5.41) is 1.10. The summed E-state index contributed by atoms with van der Waals surface area (Å²) in [4.78, 5) is 14.9. The number of hydrogen-bond acceptors (Lipinski definition) is 3. The molecule has 0 spiro atoms. The number of hydrogen-bond donors (Lipinski definition) is 1. The van der Waals surface area contributed by atoms with Crippen LogP contribution in [0, 0.1) is 0 Å². The number of amides is 1. The summed E-state index contributed by atoms with van der Waals surface area (Å²) in [7, 11) is 1.78. The summed E-state index contributed by atoms with van der Waals surface area (Å²) < 4.78 is 1.13. The van der Waals surface area contributed by atoms with E-state index in [2.05, 4.69) is 0 Å². The minimum Gasteiger partial charge on any atom is -0.399 e. The monoisotopic (exact) mass is 282 g/mol. The van der Waals surface area contributed by atoms with E-state index in [4.69, 9.17) is 5.73 Å². The number of carbonyl (C=O) groups excluding carboxylic acids is 1. The molecule has 0 atom stereocenters. The van der Waals surface area contributed by atoms with Crippen LogP contribution in [-0.4, -0.2) is 13.0 Å². The average Bonchev–Trinajstić information content (AvgIpc) is 2.90. The van der Waals surface area contributed by atoms with Crippen LogP contribution in [0.25, 0.3) is 10.1 Å². The van der Waals surface area contributed by atoms with Gasteiger partial charge in [0, 0.05) is 23.1 Å². The molecule has 4 heteroatoms.